The van der Waals surface area contributed by atoms with Crippen LogP contribution in [0, 0.1) is 0 Å². The van der Waals surface area contributed by atoms with Crippen LogP contribution in [0.15, 0.2) is 72.8 Å². The monoisotopic (exact) mass is 447 g/mol. The number of nitrogens with zero attached hydrogens (tertiary/aromatic N) is 1. The predicted molar refractivity (Wildman–Crippen MR) is 126 cm³/mol. The van der Waals surface area contributed by atoms with E-state index >= 15 is 0 Å². The number of carboxylic acids is 1. The van der Waals surface area contributed by atoms with E-state index < -0.39 is 12.0 Å². The lowest BCUT2D eigenvalue weighted by atomic mass is 9.94. The fraction of sp³-hybridized carbons (Fsp3) is 0.296. The van der Waals surface area contributed by atoms with Gasteiger partial charge in [-0.1, -0.05) is 48.5 Å². The van der Waals surface area contributed by atoms with E-state index in [0.29, 0.717) is 31.1 Å². The Morgan fingerprint density at radius 3 is 2.36 bits per heavy atom. The van der Waals surface area contributed by atoms with Crippen molar-refractivity contribution in [3.8, 4) is 17.2 Å². The topological polar surface area (TPSA) is 68.2 Å². The number of hydrogen-bond donors (Lipinski definition) is 1. The molecule has 0 amide bonds. The van der Waals surface area contributed by atoms with Crippen molar-refractivity contribution in [2.45, 2.75) is 31.5 Å². The minimum Gasteiger partial charge on any atom is -0.496 e. The van der Waals surface area contributed by atoms with Gasteiger partial charge in [-0.15, -0.1) is 0 Å². The number of methoxy groups -OCH3 is 2. The van der Waals surface area contributed by atoms with Gasteiger partial charge < -0.3 is 19.3 Å². The molecule has 0 saturated carbocycles. The van der Waals surface area contributed by atoms with Gasteiger partial charge in [0.1, 0.15) is 29.9 Å². The molecule has 3 aromatic carbocycles. The molecule has 1 N–H and O–H groups in total. The second kappa shape index (κ2) is 10.4. The zero-order valence-electron chi connectivity index (χ0n) is 18.9. The van der Waals surface area contributed by atoms with Crippen LogP contribution in [-0.4, -0.2) is 42.8 Å². The third-order valence-electron chi connectivity index (χ3n) is 6.07. The number of carboxylic acid groups (broad SMARTS) is 1. The normalized spacial score (nSPS) is 16.8. The molecule has 33 heavy (non-hydrogen) atoms. The Kier molecular flexibility index (Phi) is 7.15. The van der Waals surface area contributed by atoms with Crippen molar-refractivity contribution < 1.29 is 24.1 Å². The van der Waals surface area contributed by atoms with Gasteiger partial charge in [0.15, 0.2) is 0 Å². The average Bonchev–Trinajstić information content (AvgIpc) is 3.34. The van der Waals surface area contributed by atoms with E-state index in [9.17, 15) is 9.90 Å². The van der Waals surface area contributed by atoms with Crippen LogP contribution in [0.25, 0.3) is 0 Å². The molecule has 1 aliphatic heterocycles. The number of likely N-dealkylation sites (tertiary alicyclic amines) is 1. The highest BCUT2D eigenvalue weighted by atomic mass is 16.5. The molecule has 2 atom stereocenters. The molecule has 0 bridgehead atoms. The first-order chi connectivity index (χ1) is 16.1. The highest BCUT2D eigenvalue weighted by Gasteiger charge is 2.39. The van der Waals surface area contributed by atoms with Crippen molar-refractivity contribution in [2.24, 2.45) is 0 Å². The lowest BCUT2D eigenvalue weighted by molar-refractivity contribution is -0.142. The fourth-order valence-corrected chi connectivity index (χ4v) is 4.55. The van der Waals surface area contributed by atoms with E-state index in [1.807, 2.05) is 77.7 Å². The van der Waals surface area contributed by atoms with Gasteiger partial charge in [-0.2, -0.15) is 0 Å². The molecule has 1 heterocycles. The lowest BCUT2D eigenvalue weighted by Crippen LogP contribution is -2.39. The third-order valence-corrected chi connectivity index (χ3v) is 6.07. The second-order valence-corrected chi connectivity index (χ2v) is 8.06. The van der Waals surface area contributed by atoms with Gasteiger partial charge in [0, 0.05) is 6.54 Å². The van der Waals surface area contributed by atoms with Gasteiger partial charge in [0.05, 0.1) is 25.8 Å². The Hall–Kier alpha value is -3.51. The first kappa shape index (κ1) is 22.7. The van der Waals surface area contributed by atoms with Crippen LogP contribution in [0.3, 0.4) is 0 Å². The van der Waals surface area contributed by atoms with E-state index in [0.717, 1.165) is 28.9 Å². The smallest absolute Gasteiger partial charge is 0.320 e. The summed E-state index contributed by atoms with van der Waals surface area (Å²) < 4.78 is 17.5. The van der Waals surface area contributed by atoms with E-state index in [4.69, 9.17) is 14.2 Å². The summed E-state index contributed by atoms with van der Waals surface area (Å²) in [6, 6.07) is 22.5. The summed E-state index contributed by atoms with van der Waals surface area (Å²) in [4.78, 5) is 14.1. The quantitative estimate of drug-likeness (QED) is 0.502. The van der Waals surface area contributed by atoms with Gasteiger partial charge in [-0.3, -0.25) is 9.69 Å². The molecule has 6 heteroatoms. The standard InChI is InChI=1S/C27H29NO5/c1-31-23-14-7-15-24(32-2)25(23)26(28-16-8-13-22(28)27(29)30)20-11-6-12-21(17-20)33-18-19-9-4-3-5-10-19/h3-7,9-12,14-15,17,22,26H,8,13,16,18H2,1-2H3,(H,29,30). The van der Waals surface area contributed by atoms with Crippen molar-refractivity contribution in [2.75, 3.05) is 20.8 Å². The SMILES string of the molecule is COc1cccc(OC)c1C(c1cccc(OCc2ccccc2)c1)N1CCCC1C(=O)O. The molecular weight excluding hydrogens is 418 g/mol. The molecular formula is C27H29NO5. The highest BCUT2D eigenvalue weighted by molar-refractivity contribution is 5.74. The van der Waals surface area contributed by atoms with Crippen LogP contribution in [0.4, 0.5) is 0 Å². The molecule has 6 nitrogen and oxygen atoms in total. The minimum atomic E-state index is -0.817. The Bertz CT molecular complexity index is 1060. The van der Waals surface area contributed by atoms with Gasteiger partial charge in [0.25, 0.3) is 0 Å². The minimum absolute atomic E-state index is 0.361. The summed E-state index contributed by atoms with van der Waals surface area (Å²) >= 11 is 0. The number of benzene rings is 3. The molecule has 2 unspecified atom stereocenters. The van der Waals surface area contributed by atoms with Gasteiger partial charge in [-0.05, 0) is 48.2 Å². The molecule has 0 radical (unpaired) electrons. The highest BCUT2D eigenvalue weighted by Crippen LogP contribution is 2.44. The largest absolute Gasteiger partial charge is 0.496 e. The number of carbonyl (C=O) groups is 1. The Morgan fingerprint density at radius 1 is 1.00 bits per heavy atom. The maximum Gasteiger partial charge on any atom is 0.320 e. The third kappa shape index (κ3) is 4.96. The predicted octanol–water partition coefficient (Wildman–Crippen LogP) is 4.92. The van der Waals surface area contributed by atoms with Crippen molar-refractivity contribution in [1.82, 2.24) is 4.90 Å². The van der Waals surface area contributed by atoms with Crippen molar-refractivity contribution in [1.29, 1.82) is 0 Å². The Balaban J connectivity index is 1.76. The van der Waals surface area contributed by atoms with Gasteiger partial charge in [-0.25, -0.2) is 0 Å². The van der Waals surface area contributed by atoms with E-state index in [2.05, 4.69) is 0 Å². The molecule has 4 rings (SSSR count). The van der Waals surface area contributed by atoms with E-state index in [1.165, 1.54) is 0 Å². The summed E-state index contributed by atoms with van der Waals surface area (Å²) in [5.41, 5.74) is 2.82. The van der Waals surface area contributed by atoms with Crippen molar-refractivity contribution in [3.63, 3.8) is 0 Å². The molecule has 1 fully saturated rings. The lowest BCUT2D eigenvalue weighted by Gasteiger charge is -2.33. The van der Waals surface area contributed by atoms with Crippen LogP contribution < -0.4 is 14.2 Å². The first-order valence-corrected chi connectivity index (χ1v) is 11.1. The first-order valence-electron chi connectivity index (χ1n) is 11.1. The van der Waals surface area contributed by atoms with Gasteiger partial charge >= 0.3 is 5.97 Å². The molecule has 0 aliphatic carbocycles. The second-order valence-electron chi connectivity index (χ2n) is 8.06. The zero-order valence-corrected chi connectivity index (χ0v) is 18.9. The van der Waals surface area contributed by atoms with Gasteiger partial charge in [0.2, 0.25) is 0 Å². The number of rotatable bonds is 9. The maximum absolute atomic E-state index is 12.1. The number of hydrogen-bond acceptors (Lipinski definition) is 5. The van der Waals surface area contributed by atoms with E-state index in [1.54, 1.807) is 14.2 Å². The van der Waals surface area contributed by atoms with Crippen LogP contribution >= 0.6 is 0 Å². The van der Waals surface area contributed by atoms with Crippen LogP contribution in [0.5, 0.6) is 17.2 Å². The number of ether oxygens (including phenoxy) is 3. The van der Waals surface area contributed by atoms with Crippen molar-refractivity contribution in [3.05, 3.63) is 89.5 Å². The Labute approximate surface area is 194 Å². The van der Waals surface area contributed by atoms with Crippen molar-refractivity contribution >= 4 is 5.97 Å². The summed E-state index contributed by atoms with van der Waals surface area (Å²) in [5.74, 6) is 1.22. The molecule has 0 spiro atoms. The summed E-state index contributed by atoms with van der Waals surface area (Å²) in [6.45, 7) is 1.12. The molecule has 172 valence electrons. The summed E-state index contributed by atoms with van der Waals surface area (Å²) in [6.07, 6.45) is 1.42. The molecule has 1 aliphatic rings. The average molecular weight is 448 g/mol. The summed E-state index contributed by atoms with van der Waals surface area (Å²) in [7, 11) is 3.24. The zero-order chi connectivity index (χ0) is 23.2. The molecule has 3 aromatic rings. The van der Waals surface area contributed by atoms with Crippen LogP contribution in [0.1, 0.15) is 35.6 Å². The Morgan fingerprint density at radius 2 is 1.70 bits per heavy atom. The van der Waals surface area contributed by atoms with Crippen LogP contribution in [-0.2, 0) is 11.4 Å². The molecule has 0 aromatic heterocycles. The van der Waals surface area contributed by atoms with E-state index in [-0.39, 0.29) is 6.04 Å². The summed E-state index contributed by atoms with van der Waals surface area (Å²) in [5, 5.41) is 9.92. The number of aliphatic carboxylic acids is 1. The fourth-order valence-electron chi connectivity index (χ4n) is 4.55. The molecule has 1 saturated heterocycles. The van der Waals surface area contributed by atoms with Crippen LogP contribution in [0.2, 0.25) is 0 Å². The maximum atomic E-state index is 12.1.